The van der Waals surface area contributed by atoms with Crippen molar-refractivity contribution in [2.75, 3.05) is 0 Å². The lowest BCUT2D eigenvalue weighted by Crippen LogP contribution is -2.05. The zero-order valence-corrected chi connectivity index (χ0v) is 11.4. The van der Waals surface area contributed by atoms with Crippen LogP contribution in [0.15, 0.2) is 51.7 Å². The summed E-state index contributed by atoms with van der Waals surface area (Å²) < 4.78 is 15.4. The molecule has 3 aromatic heterocycles. The Hall–Kier alpha value is -2.60. The Kier molecular flexibility index (Phi) is 3.70. The molecule has 0 spiro atoms. The molecule has 0 aliphatic rings. The van der Waals surface area contributed by atoms with Gasteiger partial charge in [-0.05, 0) is 24.3 Å². The third kappa shape index (κ3) is 3.11. The fourth-order valence-corrected chi connectivity index (χ4v) is 1.75. The monoisotopic (exact) mass is 304 g/mol. The van der Waals surface area contributed by atoms with Crippen molar-refractivity contribution in [3.63, 3.8) is 0 Å². The Bertz CT molecular complexity index is 735. The zero-order chi connectivity index (χ0) is 14.7. The van der Waals surface area contributed by atoms with Crippen molar-refractivity contribution in [2.24, 2.45) is 0 Å². The number of aromatic nitrogens is 2. The summed E-state index contributed by atoms with van der Waals surface area (Å²) in [6.45, 7) is -0.00827. The van der Waals surface area contributed by atoms with Gasteiger partial charge in [0.25, 0.3) is 0 Å². The van der Waals surface area contributed by atoms with E-state index in [0.29, 0.717) is 27.9 Å². The molecule has 0 saturated heterocycles. The first-order valence-electron chi connectivity index (χ1n) is 6.00. The number of pyridine rings is 1. The standard InChI is InChI=1S/C14H9ClN2O4/c15-13-4-3-9(7-16-13)14(18)20-8-10-6-12(21-17-10)11-2-1-5-19-11/h1-7H,8H2. The SMILES string of the molecule is O=C(OCc1cc(-c2ccco2)on1)c1ccc(Cl)nc1. The summed E-state index contributed by atoms with van der Waals surface area (Å²) in [7, 11) is 0. The lowest BCUT2D eigenvalue weighted by atomic mass is 10.3. The average Bonchev–Trinajstić information content (AvgIpc) is 3.16. The lowest BCUT2D eigenvalue weighted by molar-refractivity contribution is 0.0464. The predicted octanol–water partition coefficient (Wildman–Crippen LogP) is 3.34. The highest BCUT2D eigenvalue weighted by molar-refractivity contribution is 6.29. The molecular weight excluding hydrogens is 296 g/mol. The molecule has 0 aromatic carbocycles. The lowest BCUT2D eigenvalue weighted by Gasteiger charge is -2.01. The van der Waals surface area contributed by atoms with Crippen molar-refractivity contribution in [3.8, 4) is 11.5 Å². The molecule has 0 radical (unpaired) electrons. The highest BCUT2D eigenvalue weighted by Crippen LogP contribution is 2.21. The maximum absolute atomic E-state index is 11.8. The number of rotatable bonds is 4. The van der Waals surface area contributed by atoms with Crippen LogP contribution in [0.25, 0.3) is 11.5 Å². The van der Waals surface area contributed by atoms with E-state index in [4.69, 9.17) is 25.3 Å². The number of carbonyl (C=O) groups excluding carboxylic acids is 1. The van der Waals surface area contributed by atoms with Crippen LogP contribution in [0.1, 0.15) is 16.1 Å². The summed E-state index contributed by atoms with van der Waals surface area (Å²) in [5.41, 5.74) is 0.797. The van der Waals surface area contributed by atoms with Gasteiger partial charge in [0.15, 0.2) is 5.76 Å². The van der Waals surface area contributed by atoms with Crippen LogP contribution in [-0.2, 0) is 11.3 Å². The molecule has 106 valence electrons. The van der Waals surface area contributed by atoms with E-state index < -0.39 is 5.97 Å². The third-order valence-corrected chi connectivity index (χ3v) is 2.86. The van der Waals surface area contributed by atoms with Crippen molar-refractivity contribution < 1.29 is 18.5 Å². The Morgan fingerprint density at radius 1 is 1.29 bits per heavy atom. The van der Waals surface area contributed by atoms with Gasteiger partial charge in [-0.15, -0.1) is 0 Å². The van der Waals surface area contributed by atoms with Gasteiger partial charge in [-0.2, -0.15) is 0 Å². The first-order chi connectivity index (χ1) is 10.2. The van der Waals surface area contributed by atoms with Gasteiger partial charge in [-0.3, -0.25) is 0 Å². The van der Waals surface area contributed by atoms with Crippen LogP contribution < -0.4 is 0 Å². The third-order valence-electron chi connectivity index (χ3n) is 2.64. The van der Waals surface area contributed by atoms with Crippen molar-refractivity contribution in [1.82, 2.24) is 10.1 Å². The average molecular weight is 305 g/mol. The van der Waals surface area contributed by atoms with Crippen molar-refractivity contribution in [2.45, 2.75) is 6.61 Å². The maximum atomic E-state index is 11.8. The Balaban J connectivity index is 1.62. The molecule has 0 unspecified atom stereocenters. The topological polar surface area (TPSA) is 78.4 Å². The summed E-state index contributed by atoms with van der Waals surface area (Å²) >= 11 is 5.65. The van der Waals surface area contributed by atoms with E-state index in [0.717, 1.165) is 0 Å². The zero-order valence-electron chi connectivity index (χ0n) is 10.7. The molecule has 0 saturated carbocycles. The summed E-state index contributed by atoms with van der Waals surface area (Å²) in [5, 5.41) is 4.11. The van der Waals surface area contributed by atoms with Crippen LogP contribution >= 0.6 is 11.6 Å². The van der Waals surface area contributed by atoms with Gasteiger partial charge in [-0.1, -0.05) is 16.8 Å². The van der Waals surface area contributed by atoms with E-state index in [2.05, 4.69) is 10.1 Å². The summed E-state index contributed by atoms with van der Waals surface area (Å²) in [4.78, 5) is 15.6. The number of halogens is 1. The highest BCUT2D eigenvalue weighted by atomic mass is 35.5. The van der Waals surface area contributed by atoms with Crippen molar-refractivity contribution in [3.05, 3.63) is 59.2 Å². The quantitative estimate of drug-likeness (QED) is 0.543. The molecule has 0 aliphatic carbocycles. The molecule has 0 fully saturated rings. The molecule has 7 heteroatoms. The maximum Gasteiger partial charge on any atom is 0.340 e. The second-order valence-electron chi connectivity index (χ2n) is 4.11. The van der Waals surface area contributed by atoms with E-state index in [1.165, 1.54) is 24.6 Å². The van der Waals surface area contributed by atoms with Gasteiger partial charge < -0.3 is 13.7 Å². The summed E-state index contributed by atoms with van der Waals surface area (Å²) in [6, 6.07) is 8.19. The molecule has 0 amide bonds. The molecule has 21 heavy (non-hydrogen) atoms. The molecule has 0 aliphatic heterocycles. The van der Waals surface area contributed by atoms with Crippen LogP contribution in [-0.4, -0.2) is 16.1 Å². The van der Waals surface area contributed by atoms with Gasteiger partial charge in [0.2, 0.25) is 5.76 Å². The highest BCUT2D eigenvalue weighted by Gasteiger charge is 2.12. The van der Waals surface area contributed by atoms with E-state index in [-0.39, 0.29) is 6.61 Å². The molecule has 0 atom stereocenters. The molecular formula is C14H9ClN2O4. The molecule has 0 bridgehead atoms. The summed E-state index contributed by atoms with van der Waals surface area (Å²) in [5.74, 6) is 0.517. The van der Waals surface area contributed by atoms with Crippen LogP contribution in [0, 0.1) is 0 Å². The molecule has 3 aromatic rings. The van der Waals surface area contributed by atoms with E-state index in [9.17, 15) is 4.79 Å². The second kappa shape index (κ2) is 5.80. The van der Waals surface area contributed by atoms with Crippen LogP contribution in [0.5, 0.6) is 0 Å². The van der Waals surface area contributed by atoms with Gasteiger partial charge in [0, 0.05) is 12.3 Å². The number of nitrogens with zero attached hydrogens (tertiary/aromatic N) is 2. The molecule has 3 rings (SSSR count). The van der Waals surface area contributed by atoms with Gasteiger partial charge in [-0.25, -0.2) is 9.78 Å². The minimum Gasteiger partial charge on any atom is -0.461 e. The summed E-state index contributed by atoms with van der Waals surface area (Å²) in [6.07, 6.45) is 2.88. The Morgan fingerprint density at radius 3 is 2.90 bits per heavy atom. The first-order valence-corrected chi connectivity index (χ1v) is 6.38. The minimum atomic E-state index is -0.512. The second-order valence-corrected chi connectivity index (χ2v) is 4.49. The number of furan rings is 1. The molecule has 0 N–H and O–H groups in total. The van der Waals surface area contributed by atoms with Crippen LogP contribution in [0.4, 0.5) is 0 Å². The van der Waals surface area contributed by atoms with Crippen molar-refractivity contribution >= 4 is 17.6 Å². The van der Waals surface area contributed by atoms with Gasteiger partial charge in [0.1, 0.15) is 17.5 Å². The van der Waals surface area contributed by atoms with Crippen LogP contribution in [0.2, 0.25) is 5.15 Å². The fraction of sp³-hybridized carbons (Fsp3) is 0.0714. The number of hydrogen-bond donors (Lipinski definition) is 0. The predicted molar refractivity (Wildman–Crippen MR) is 72.6 cm³/mol. The van der Waals surface area contributed by atoms with Crippen LogP contribution in [0.3, 0.4) is 0 Å². The molecule has 6 nitrogen and oxygen atoms in total. The smallest absolute Gasteiger partial charge is 0.340 e. The largest absolute Gasteiger partial charge is 0.461 e. The Labute approximate surface area is 124 Å². The van der Waals surface area contributed by atoms with Gasteiger partial charge in [0.05, 0.1) is 11.8 Å². The molecule has 3 heterocycles. The van der Waals surface area contributed by atoms with E-state index in [1.807, 2.05) is 0 Å². The number of hydrogen-bond acceptors (Lipinski definition) is 6. The Morgan fingerprint density at radius 2 is 2.19 bits per heavy atom. The number of esters is 1. The number of carbonyl (C=O) groups is 1. The normalized spacial score (nSPS) is 10.5. The van der Waals surface area contributed by atoms with E-state index in [1.54, 1.807) is 18.2 Å². The van der Waals surface area contributed by atoms with E-state index >= 15 is 0 Å². The minimum absolute atomic E-state index is 0.00827. The van der Waals surface area contributed by atoms with Crippen molar-refractivity contribution in [1.29, 1.82) is 0 Å². The first kappa shape index (κ1) is 13.4. The number of ether oxygens (including phenoxy) is 1. The van der Waals surface area contributed by atoms with Gasteiger partial charge >= 0.3 is 5.97 Å². The fourth-order valence-electron chi connectivity index (χ4n) is 1.63.